The van der Waals surface area contributed by atoms with Gasteiger partial charge in [-0.05, 0) is 48.2 Å². The third-order valence-electron chi connectivity index (χ3n) is 5.26. The molecule has 1 aliphatic heterocycles. The van der Waals surface area contributed by atoms with Crippen LogP contribution in [0.5, 0.6) is 0 Å². The van der Waals surface area contributed by atoms with Crippen LogP contribution in [0.3, 0.4) is 0 Å². The number of hydrogen-bond donors (Lipinski definition) is 2. The molecule has 1 atom stereocenters. The van der Waals surface area contributed by atoms with E-state index < -0.39 is 0 Å². The van der Waals surface area contributed by atoms with Gasteiger partial charge in [0.15, 0.2) is 5.76 Å². The minimum atomic E-state index is -0.373. The third kappa shape index (κ3) is 4.78. The van der Waals surface area contributed by atoms with Crippen molar-refractivity contribution >= 4 is 17.5 Å². The first-order chi connectivity index (χ1) is 14.7. The molecule has 1 fully saturated rings. The van der Waals surface area contributed by atoms with Crippen LogP contribution < -0.4 is 10.6 Å². The molecular weight excluding hydrogens is 378 g/mol. The lowest BCUT2D eigenvalue weighted by molar-refractivity contribution is -0.132. The second-order valence-electron chi connectivity index (χ2n) is 7.39. The van der Waals surface area contributed by atoms with E-state index in [2.05, 4.69) is 10.6 Å². The summed E-state index contributed by atoms with van der Waals surface area (Å²) in [6, 6.07) is 20.3. The van der Waals surface area contributed by atoms with Gasteiger partial charge >= 0.3 is 0 Å². The summed E-state index contributed by atoms with van der Waals surface area (Å²) in [6.07, 6.45) is 3.60. The molecule has 2 aromatic carbocycles. The van der Waals surface area contributed by atoms with Gasteiger partial charge in [0, 0.05) is 25.3 Å². The maximum atomic E-state index is 13.1. The molecule has 0 saturated carbocycles. The fourth-order valence-corrected chi connectivity index (χ4v) is 3.64. The highest BCUT2D eigenvalue weighted by molar-refractivity contribution is 6.02. The van der Waals surface area contributed by atoms with Crippen LogP contribution in [0.2, 0.25) is 0 Å². The van der Waals surface area contributed by atoms with Crippen LogP contribution >= 0.6 is 0 Å². The molecule has 6 heteroatoms. The van der Waals surface area contributed by atoms with Crippen molar-refractivity contribution in [1.29, 1.82) is 0 Å². The number of anilines is 1. The zero-order chi connectivity index (χ0) is 20.8. The highest BCUT2D eigenvalue weighted by Gasteiger charge is 2.27. The van der Waals surface area contributed by atoms with Gasteiger partial charge < -0.3 is 14.6 Å². The molecule has 1 saturated heterocycles. The van der Waals surface area contributed by atoms with Gasteiger partial charge in [-0.1, -0.05) is 42.5 Å². The molecule has 0 spiro atoms. The Balaban J connectivity index is 1.40. The van der Waals surface area contributed by atoms with E-state index >= 15 is 0 Å². The number of carbonyl (C=O) groups excluding carboxylic acids is 2. The molecule has 2 amide bonds. The standard InChI is InChI=1S/C24H25N3O3/c28-23(21-9-6-16-30-21)26-20-12-10-18(11-13-20)17-25-22(19-7-2-1-3-8-19)24(29)27-14-4-5-15-27/h1-3,6-13,16,22,25H,4-5,14-15,17H2,(H,26,28)/t22-/m1/s1. The first-order valence-corrected chi connectivity index (χ1v) is 10.2. The maximum absolute atomic E-state index is 13.1. The molecule has 1 aromatic heterocycles. The first kappa shape index (κ1) is 19.9. The summed E-state index contributed by atoms with van der Waals surface area (Å²) in [6.45, 7) is 2.20. The number of furan rings is 1. The molecule has 4 rings (SSSR count). The van der Waals surface area contributed by atoms with Crippen LogP contribution in [0.4, 0.5) is 5.69 Å². The van der Waals surface area contributed by atoms with E-state index in [0.29, 0.717) is 12.2 Å². The van der Waals surface area contributed by atoms with Crippen LogP contribution in [0.1, 0.15) is 40.6 Å². The monoisotopic (exact) mass is 403 g/mol. The van der Waals surface area contributed by atoms with Crippen LogP contribution in [0.25, 0.3) is 0 Å². The number of likely N-dealkylation sites (tertiary alicyclic amines) is 1. The largest absolute Gasteiger partial charge is 0.459 e. The molecular formula is C24H25N3O3. The number of nitrogens with one attached hydrogen (secondary N) is 2. The zero-order valence-electron chi connectivity index (χ0n) is 16.7. The lowest BCUT2D eigenvalue weighted by atomic mass is 10.0. The second kappa shape index (κ2) is 9.41. The van der Waals surface area contributed by atoms with Crippen molar-refractivity contribution in [2.75, 3.05) is 18.4 Å². The highest BCUT2D eigenvalue weighted by atomic mass is 16.3. The summed E-state index contributed by atoms with van der Waals surface area (Å²) in [5.41, 5.74) is 2.69. The van der Waals surface area contributed by atoms with Gasteiger partial charge in [0.25, 0.3) is 5.91 Å². The molecule has 2 heterocycles. The van der Waals surface area contributed by atoms with Crippen molar-refractivity contribution in [3.8, 4) is 0 Å². The van der Waals surface area contributed by atoms with Gasteiger partial charge in [-0.2, -0.15) is 0 Å². The number of rotatable bonds is 7. The van der Waals surface area contributed by atoms with Crippen LogP contribution in [0, 0.1) is 0 Å². The number of carbonyl (C=O) groups is 2. The van der Waals surface area contributed by atoms with Gasteiger partial charge in [-0.3, -0.25) is 14.9 Å². The van der Waals surface area contributed by atoms with E-state index in [4.69, 9.17) is 4.42 Å². The van der Waals surface area contributed by atoms with E-state index in [1.807, 2.05) is 59.5 Å². The Kier molecular flexibility index (Phi) is 6.25. The van der Waals surface area contributed by atoms with E-state index in [1.165, 1.54) is 6.26 Å². The van der Waals surface area contributed by atoms with Gasteiger partial charge in [-0.25, -0.2) is 0 Å². The average Bonchev–Trinajstić information content (AvgIpc) is 3.50. The summed E-state index contributed by atoms with van der Waals surface area (Å²) < 4.78 is 5.10. The molecule has 3 aromatic rings. The molecule has 30 heavy (non-hydrogen) atoms. The summed E-state index contributed by atoms with van der Waals surface area (Å²) >= 11 is 0. The fourth-order valence-electron chi connectivity index (χ4n) is 3.64. The number of benzene rings is 2. The summed E-state index contributed by atoms with van der Waals surface area (Å²) in [4.78, 5) is 27.1. The zero-order valence-corrected chi connectivity index (χ0v) is 16.7. The Morgan fingerprint density at radius 2 is 1.67 bits per heavy atom. The Morgan fingerprint density at radius 1 is 0.933 bits per heavy atom. The Bertz CT molecular complexity index is 963. The molecule has 6 nitrogen and oxygen atoms in total. The Hall–Kier alpha value is -3.38. The van der Waals surface area contributed by atoms with Gasteiger partial charge in [0.05, 0.1) is 6.26 Å². The van der Waals surface area contributed by atoms with Crippen molar-refractivity contribution in [1.82, 2.24) is 10.2 Å². The SMILES string of the molecule is O=C(Nc1ccc(CN[C@@H](C(=O)N2CCCC2)c2ccccc2)cc1)c1ccco1. The lowest BCUT2D eigenvalue weighted by Crippen LogP contribution is -2.39. The van der Waals surface area contributed by atoms with Crippen LogP contribution in [-0.4, -0.2) is 29.8 Å². The second-order valence-corrected chi connectivity index (χ2v) is 7.39. The van der Waals surface area contributed by atoms with Crippen molar-refractivity contribution in [2.45, 2.75) is 25.4 Å². The Labute approximate surface area is 175 Å². The number of nitrogens with zero attached hydrogens (tertiary/aromatic N) is 1. The van der Waals surface area contributed by atoms with Gasteiger partial charge in [0.1, 0.15) is 6.04 Å². The predicted molar refractivity (Wildman–Crippen MR) is 115 cm³/mol. The predicted octanol–water partition coefficient (Wildman–Crippen LogP) is 3.99. The Morgan fingerprint density at radius 3 is 2.33 bits per heavy atom. The first-order valence-electron chi connectivity index (χ1n) is 10.2. The molecule has 1 aliphatic rings. The molecule has 2 N–H and O–H groups in total. The van der Waals surface area contributed by atoms with E-state index in [0.717, 1.165) is 37.1 Å². The maximum Gasteiger partial charge on any atom is 0.291 e. The number of hydrogen-bond acceptors (Lipinski definition) is 4. The van der Waals surface area contributed by atoms with Gasteiger partial charge in [0.2, 0.25) is 5.91 Å². The number of amides is 2. The van der Waals surface area contributed by atoms with E-state index in [1.54, 1.807) is 12.1 Å². The van der Waals surface area contributed by atoms with Crippen molar-refractivity contribution < 1.29 is 14.0 Å². The van der Waals surface area contributed by atoms with Crippen molar-refractivity contribution in [3.05, 3.63) is 89.9 Å². The lowest BCUT2D eigenvalue weighted by Gasteiger charge is -2.24. The summed E-state index contributed by atoms with van der Waals surface area (Å²) in [5, 5.41) is 6.22. The normalized spacial score (nSPS) is 14.5. The minimum Gasteiger partial charge on any atom is -0.459 e. The summed E-state index contributed by atoms with van der Waals surface area (Å²) in [7, 11) is 0. The third-order valence-corrected chi connectivity index (χ3v) is 5.26. The topological polar surface area (TPSA) is 74.6 Å². The van der Waals surface area contributed by atoms with Crippen LogP contribution in [0.15, 0.2) is 77.4 Å². The molecule has 0 bridgehead atoms. The summed E-state index contributed by atoms with van der Waals surface area (Å²) in [5.74, 6) is 0.110. The smallest absolute Gasteiger partial charge is 0.291 e. The fraction of sp³-hybridized carbons (Fsp3) is 0.250. The molecule has 0 unspecified atom stereocenters. The molecule has 0 radical (unpaired) electrons. The van der Waals surface area contributed by atoms with Gasteiger partial charge in [-0.15, -0.1) is 0 Å². The van der Waals surface area contributed by atoms with Crippen molar-refractivity contribution in [3.63, 3.8) is 0 Å². The van der Waals surface area contributed by atoms with E-state index in [9.17, 15) is 9.59 Å². The molecule has 154 valence electrons. The van der Waals surface area contributed by atoms with Crippen LogP contribution in [-0.2, 0) is 11.3 Å². The highest BCUT2D eigenvalue weighted by Crippen LogP contribution is 2.20. The van der Waals surface area contributed by atoms with E-state index in [-0.39, 0.29) is 23.6 Å². The quantitative estimate of drug-likeness (QED) is 0.626. The molecule has 0 aliphatic carbocycles. The minimum absolute atomic E-state index is 0.126. The van der Waals surface area contributed by atoms with Crippen molar-refractivity contribution in [2.24, 2.45) is 0 Å². The average molecular weight is 403 g/mol.